The fraction of sp³-hybridized carbons (Fsp3) is 0.0455. The molecule has 0 saturated heterocycles. The number of Topliss-reactive ketones (excluding diaryl/α,β-unsaturated/α-hetero) is 1. The molecule has 0 unspecified atom stereocenters. The molecule has 0 atom stereocenters. The topological polar surface area (TPSA) is 108 Å². The number of hydrogen-bond donors (Lipinski definition) is 3. The summed E-state index contributed by atoms with van der Waals surface area (Å²) in [5, 5.41) is 23.5. The van der Waals surface area contributed by atoms with Crippen molar-refractivity contribution in [3.63, 3.8) is 0 Å². The van der Waals surface area contributed by atoms with E-state index in [0.29, 0.717) is 17.7 Å². The maximum Gasteiger partial charge on any atom is 0.368 e. The number of phenolic OH excluding ortho intramolecular Hbond substituents is 2. The number of ketones is 1. The summed E-state index contributed by atoms with van der Waals surface area (Å²) in [6, 6.07) is 17.9. The monoisotopic (exact) mass is 388 g/mol. The second kappa shape index (κ2) is 7.47. The van der Waals surface area contributed by atoms with E-state index in [2.05, 4.69) is 10.5 Å². The molecule has 0 aliphatic carbocycles. The van der Waals surface area contributed by atoms with Gasteiger partial charge >= 0.3 is 5.97 Å². The number of rotatable bonds is 4. The average molecular weight is 388 g/mol. The summed E-state index contributed by atoms with van der Waals surface area (Å²) in [4.78, 5) is 24.6. The normalized spacial score (nSPS) is 14.4. The van der Waals surface area contributed by atoms with Crippen molar-refractivity contribution in [3.05, 3.63) is 83.4 Å². The molecular weight excluding hydrogens is 372 g/mol. The molecule has 0 spiro atoms. The smallest absolute Gasteiger partial charge is 0.368 e. The molecule has 1 heterocycles. The zero-order valence-corrected chi connectivity index (χ0v) is 15.1. The van der Waals surface area contributed by atoms with Crippen molar-refractivity contribution in [2.24, 2.45) is 5.10 Å². The standard InChI is InChI=1S/C22H16N2O5/c25-16-8-9-18(26)14(12-16)10-13-4-3-5-15(11-13)23-24-20-21(27)17-6-1-2-7-19(17)29-22(20)28/h1-9,11-12,23,25-26H,10H2. The van der Waals surface area contributed by atoms with E-state index in [1.807, 2.05) is 6.07 Å². The molecule has 4 rings (SSSR count). The van der Waals surface area contributed by atoms with E-state index in [0.717, 1.165) is 5.56 Å². The van der Waals surface area contributed by atoms with Gasteiger partial charge in [0, 0.05) is 12.0 Å². The first kappa shape index (κ1) is 18.2. The Hall–Kier alpha value is -4.13. The van der Waals surface area contributed by atoms with E-state index in [9.17, 15) is 19.8 Å². The van der Waals surface area contributed by atoms with E-state index in [-0.39, 0.29) is 28.5 Å². The zero-order chi connectivity index (χ0) is 20.4. The number of nitrogens with one attached hydrogen (secondary N) is 1. The third-order valence-corrected chi connectivity index (χ3v) is 4.42. The van der Waals surface area contributed by atoms with Gasteiger partial charge in [-0.1, -0.05) is 24.3 Å². The van der Waals surface area contributed by atoms with Gasteiger partial charge in [-0.05, 0) is 48.0 Å². The van der Waals surface area contributed by atoms with Gasteiger partial charge in [0.25, 0.3) is 0 Å². The van der Waals surface area contributed by atoms with Crippen LogP contribution >= 0.6 is 0 Å². The molecule has 29 heavy (non-hydrogen) atoms. The number of benzene rings is 3. The summed E-state index contributed by atoms with van der Waals surface area (Å²) in [5.74, 6) is -0.967. The maximum absolute atomic E-state index is 12.5. The number of carbonyl (C=O) groups excluding carboxylic acids is 2. The second-order valence-corrected chi connectivity index (χ2v) is 6.48. The van der Waals surface area contributed by atoms with Crippen LogP contribution in [0.2, 0.25) is 0 Å². The van der Waals surface area contributed by atoms with E-state index >= 15 is 0 Å². The Morgan fingerprint density at radius 3 is 2.62 bits per heavy atom. The van der Waals surface area contributed by atoms with Crippen LogP contribution in [0.1, 0.15) is 21.5 Å². The number of nitrogens with zero attached hydrogens (tertiary/aromatic N) is 1. The van der Waals surface area contributed by atoms with Crippen molar-refractivity contribution in [1.29, 1.82) is 0 Å². The van der Waals surface area contributed by atoms with Crippen LogP contribution in [-0.4, -0.2) is 27.7 Å². The Kier molecular flexibility index (Phi) is 4.70. The third-order valence-electron chi connectivity index (χ3n) is 4.42. The summed E-state index contributed by atoms with van der Waals surface area (Å²) < 4.78 is 5.15. The van der Waals surface area contributed by atoms with Crippen molar-refractivity contribution >= 4 is 23.2 Å². The van der Waals surface area contributed by atoms with Crippen molar-refractivity contribution in [1.82, 2.24) is 0 Å². The van der Waals surface area contributed by atoms with Gasteiger partial charge in [0.2, 0.25) is 11.5 Å². The Labute approximate surface area is 165 Å². The number of hydrazone groups is 1. The summed E-state index contributed by atoms with van der Waals surface area (Å²) >= 11 is 0. The Morgan fingerprint density at radius 2 is 1.76 bits per heavy atom. The Balaban J connectivity index is 1.55. The molecule has 3 N–H and O–H groups in total. The highest BCUT2D eigenvalue weighted by molar-refractivity contribution is 6.69. The fourth-order valence-corrected chi connectivity index (χ4v) is 3.01. The number of phenols is 2. The number of para-hydroxylation sites is 1. The van der Waals surface area contributed by atoms with Crippen molar-refractivity contribution in [2.45, 2.75) is 6.42 Å². The van der Waals surface area contributed by atoms with Gasteiger partial charge in [-0.25, -0.2) is 4.79 Å². The quantitative estimate of drug-likeness (QED) is 0.274. The van der Waals surface area contributed by atoms with E-state index in [1.54, 1.807) is 42.5 Å². The highest BCUT2D eigenvalue weighted by Gasteiger charge is 2.32. The predicted octanol–water partition coefficient (Wildman–Crippen LogP) is 3.26. The first-order valence-electron chi connectivity index (χ1n) is 8.80. The Morgan fingerprint density at radius 1 is 0.931 bits per heavy atom. The SMILES string of the molecule is O=C1Oc2ccccc2C(=O)C1=NNc1cccc(Cc2cc(O)ccc2O)c1. The molecular formula is C22H16N2O5. The summed E-state index contributed by atoms with van der Waals surface area (Å²) in [6.45, 7) is 0. The lowest BCUT2D eigenvalue weighted by molar-refractivity contribution is -0.127. The number of carbonyl (C=O) groups is 2. The minimum absolute atomic E-state index is 0.0630. The van der Waals surface area contributed by atoms with Crippen LogP contribution in [0.3, 0.4) is 0 Å². The van der Waals surface area contributed by atoms with Crippen molar-refractivity contribution in [2.75, 3.05) is 5.43 Å². The number of esters is 1. The molecule has 144 valence electrons. The molecule has 0 bridgehead atoms. The number of ether oxygens (including phenoxy) is 1. The molecule has 0 radical (unpaired) electrons. The third kappa shape index (κ3) is 3.79. The lowest BCUT2D eigenvalue weighted by Crippen LogP contribution is -2.34. The average Bonchev–Trinajstić information content (AvgIpc) is 2.71. The van der Waals surface area contributed by atoms with Gasteiger partial charge in [0.1, 0.15) is 17.2 Å². The molecule has 0 saturated carbocycles. The molecule has 7 heteroatoms. The minimum atomic E-state index is -0.818. The van der Waals surface area contributed by atoms with Crippen LogP contribution in [-0.2, 0) is 11.2 Å². The summed E-state index contributed by atoms with van der Waals surface area (Å²) in [5.41, 5.74) is 4.61. The highest BCUT2D eigenvalue weighted by atomic mass is 16.5. The minimum Gasteiger partial charge on any atom is -0.508 e. The molecule has 0 aromatic heterocycles. The zero-order valence-electron chi connectivity index (χ0n) is 15.1. The first-order valence-corrected chi connectivity index (χ1v) is 8.80. The predicted molar refractivity (Wildman–Crippen MR) is 106 cm³/mol. The van der Waals surface area contributed by atoms with Gasteiger partial charge in [-0.2, -0.15) is 5.10 Å². The molecule has 7 nitrogen and oxygen atoms in total. The van der Waals surface area contributed by atoms with Gasteiger partial charge < -0.3 is 14.9 Å². The number of hydrogen-bond acceptors (Lipinski definition) is 7. The number of anilines is 1. The fourth-order valence-electron chi connectivity index (χ4n) is 3.01. The molecule has 3 aromatic carbocycles. The largest absolute Gasteiger partial charge is 0.508 e. The highest BCUT2D eigenvalue weighted by Crippen LogP contribution is 2.26. The van der Waals surface area contributed by atoms with Gasteiger partial charge in [-0.3, -0.25) is 10.2 Å². The second-order valence-electron chi connectivity index (χ2n) is 6.48. The van der Waals surface area contributed by atoms with Gasteiger partial charge in [0.05, 0.1) is 11.3 Å². The van der Waals surface area contributed by atoms with E-state index in [4.69, 9.17) is 4.74 Å². The number of aromatic hydroxyl groups is 2. The number of fused-ring (bicyclic) bond motifs is 1. The summed E-state index contributed by atoms with van der Waals surface area (Å²) in [6.07, 6.45) is 0.376. The van der Waals surface area contributed by atoms with Gasteiger partial charge in [-0.15, -0.1) is 0 Å². The van der Waals surface area contributed by atoms with Crippen molar-refractivity contribution in [3.8, 4) is 17.2 Å². The van der Waals surface area contributed by atoms with Crippen LogP contribution in [0.15, 0.2) is 71.8 Å². The molecule has 1 aliphatic rings. The van der Waals surface area contributed by atoms with Crippen LogP contribution in [0.25, 0.3) is 0 Å². The maximum atomic E-state index is 12.5. The molecule has 3 aromatic rings. The van der Waals surface area contributed by atoms with Crippen molar-refractivity contribution < 1.29 is 24.5 Å². The summed E-state index contributed by atoms with van der Waals surface area (Å²) in [7, 11) is 0. The van der Waals surface area contributed by atoms with E-state index < -0.39 is 11.8 Å². The van der Waals surface area contributed by atoms with E-state index in [1.165, 1.54) is 18.2 Å². The van der Waals surface area contributed by atoms with Crippen LogP contribution in [0.5, 0.6) is 17.2 Å². The lowest BCUT2D eigenvalue weighted by Gasteiger charge is -2.15. The lowest BCUT2D eigenvalue weighted by atomic mass is 10.0. The Bertz CT molecular complexity index is 1150. The van der Waals surface area contributed by atoms with Crippen LogP contribution < -0.4 is 10.2 Å². The van der Waals surface area contributed by atoms with Gasteiger partial charge in [0.15, 0.2) is 0 Å². The molecule has 0 fully saturated rings. The van der Waals surface area contributed by atoms with Crippen LogP contribution in [0, 0.1) is 0 Å². The first-order chi connectivity index (χ1) is 14.0. The molecule has 0 amide bonds. The van der Waals surface area contributed by atoms with Crippen LogP contribution in [0.4, 0.5) is 5.69 Å². The molecule has 1 aliphatic heterocycles.